The number of hydrogen-bond donors (Lipinski definition) is 2. The van der Waals surface area contributed by atoms with Gasteiger partial charge >= 0.3 is 0 Å². The minimum Gasteiger partial charge on any atom is -0.367 e. The summed E-state index contributed by atoms with van der Waals surface area (Å²) < 4.78 is 0. The van der Waals surface area contributed by atoms with Gasteiger partial charge in [-0.3, -0.25) is 0 Å². The van der Waals surface area contributed by atoms with E-state index in [4.69, 9.17) is 11.1 Å². The molecule has 2 nitrogen and oxygen atoms in total. The predicted octanol–water partition coefficient (Wildman–Crippen LogP) is -0.0828. The summed E-state index contributed by atoms with van der Waals surface area (Å²) in [6, 6.07) is 0. The zero-order valence-electron chi connectivity index (χ0n) is 2.69. The van der Waals surface area contributed by atoms with Crippen molar-refractivity contribution in [3.8, 4) is 0 Å². The molecular weight excluding hydrogens is 197 g/mol. The third-order valence-electron chi connectivity index (χ3n) is 0.174. The van der Waals surface area contributed by atoms with Crippen molar-refractivity contribution in [2.75, 3.05) is 0 Å². The maximum atomic E-state index is 5.22. The number of rotatable bonds is 1. The van der Waals surface area contributed by atoms with Gasteiger partial charge in [-0.2, -0.15) is 0 Å². The second-order valence-electron chi connectivity index (χ2n) is 0.582. The molecule has 0 rings (SSSR count). The molecule has 1 atom stereocenters. The van der Waals surface area contributed by atoms with E-state index >= 15 is 0 Å². The molecule has 0 aromatic rings. The van der Waals surface area contributed by atoms with Crippen molar-refractivity contribution in [1.82, 2.24) is 0 Å². The van der Waals surface area contributed by atoms with Crippen molar-refractivity contribution in [3.63, 3.8) is 0 Å². The van der Waals surface area contributed by atoms with Crippen LogP contribution in [0.5, 0.6) is 0 Å². The molecule has 5 heteroatoms. The van der Waals surface area contributed by atoms with Gasteiger partial charge < -0.3 is 11.1 Å². The SMILES string of the molecule is NBP(N)I. The van der Waals surface area contributed by atoms with Crippen LogP contribution in [0.4, 0.5) is 0 Å². The normalized spacial score (nSPS) is 14.2. The summed E-state index contributed by atoms with van der Waals surface area (Å²) in [5.74, 6) is 0. The summed E-state index contributed by atoms with van der Waals surface area (Å²) >= 11 is 2.12. The molecule has 0 heterocycles. The molecule has 0 saturated carbocycles. The Hall–Kier alpha value is 1.14. The first kappa shape index (κ1) is 6.14. The van der Waals surface area contributed by atoms with Crippen molar-refractivity contribution < 1.29 is 0 Å². The molecule has 0 radical (unpaired) electrons. The summed E-state index contributed by atoms with van der Waals surface area (Å²) in [7, 11) is 0.635. The summed E-state index contributed by atoms with van der Waals surface area (Å²) in [6.45, 7) is 0. The smallest absolute Gasteiger partial charge is 0.258 e. The van der Waals surface area contributed by atoms with Crippen LogP contribution >= 0.6 is 27.6 Å². The molecule has 0 amide bonds. The van der Waals surface area contributed by atoms with Gasteiger partial charge in [-0.15, -0.1) is 0 Å². The Morgan fingerprint density at radius 1 is 1.80 bits per heavy atom. The van der Waals surface area contributed by atoms with Gasteiger partial charge in [0, 0.05) is 5.59 Å². The van der Waals surface area contributed by atoms with Gasteiger partial charge in [0.25, 0.3) is 7.13 Å². The number of hydrogen-bond acceptors (Lipinski definition) is 2. The number of halogens is 1. The topological polar surface area (TPSA) is 52.0 Å². The van der Waals surface area contributed by atoms with Gasteiger partial charge in [-0.25, -0.2) is 0 Å². The van der Waals surface area contributed by atoms with Crippen LogP contribution in [-0.2, 0) is 0 Å². The molecule has 0 aliphatic rings. The molecule has 0 fully saturated rings. The molecule has 0 aromatic heterocycles. The molecule has 4 N–H and O–H groups in total. The van der Waals surface area contributed by atoms with Gasteiger partial charge in [0.05, 0.1) is 0 Å². The Balaban J connectivity index is 2.54. The minimum absolute atomic E-state index is 0.350. The summed E-state index contributed by atoms with van der Waals surface area (Å²) in [4.78, 5) is 0. The zero-order chi connectivity index (χ0) is 4.28. The fourth-order valence-corrected chi connectivity index (χ4v) is 0. The van der Waals surface area contributed by atoms with E-state index in [9.17, 15) is 0 Å². The second-order valence-corrected chi connectivity index (χ2v) is 5.46. The van der Waals surface area contributed by atoms with Crippen molar-refractivity contribution in [3.05, 3.63) is 0 Å². The lowest BCUT2D eigenvalue weighted by Gasteiger charge is -1.87. The van der Waals surface area contributed by atoms with E-state index in [1.807, 2.05) is 0 Å². The zero-order valence-corrected chi connectivity index (χ0v) is 5.74. The van der Waals surface area contributed by atoms with Crippen LogP contribution in [0.25, 0.3) is 0 Å². The van der Waals surface area contributed by atoms with E-state index in [-0.39, 0.29) is 5.59 Å². The Bertz CT molecular complexity index is 23.6. The van der Waals surface area contributed by atoms with Crippen LogP contribution < -0.4 is 11.1 Å². The van der Waals surface area contributed by atoms with Gasteiger partial charge in [0.1, 0.15) is 0 Å². The van der Waals surface area contributed by atoms with Crippen LogP contribution in [-0.4, -0.2) is 7.13 Å². The van der Waals surface area contributed by atoms with Gasteiger partial charge in [0.15, 0.2) is 0 Å². The van der Waals surface area contributed by atoms with E-state index in [2.05, 4.69) is 22.0 Å². The lowest BCUT2D eigenvalue weighted by molar-refractivity contribution is 1.95. The Kier molecular flexibility index (Phi) is 4.10. The first-order valence-corrected chi connectivity index (χ1v) is 5.53. The Morgan fingerprint density at radius 3 is 2.00 bits per heavy atom. The average Bonchev–Trinajstić information content (AvgIpc) is 1.38. The fourth-order valence-electron chi connectivity index (χ4n) is 0. The van der Waals surface area contributed by atoms with Crippen molar-refractivity contribution in [1.29, 1.82) is 0 Å². The summed E-state index contributed by atoms with van der Waals surface area (Å²) in [6.07, 6.45) is 0. The molecular formula is H5BIN2P. The van der Waals surface area contributed by atoms with Crippen LogP contribution in [0, 0.1) is 0 Å². The summed E-state index contributed by atoms with van der Waals surface area (Å²) in [5, 5.41) is 0. The Morgan fingerprint density at radius 2 is 2.00 bits per heavy atom. The van der Waals surface area contributed by atoms with Gasteiger partial charge in [0.2, 0.25) is 0 Å². The molecule has 0 aliphatic heterocycles. The van der Waals surface area contributed by atoms with Crippen molar-refractivity contribution in [2.45, 2.75) is 0 Å². The third-order valence-corrected chi connectivity index (χ3v) is 1.70. The van der Waals surface area contributed by atoms with Crippen LogP contribution in [0.15, 0.2) is 0 Å². The van der Waals surface area contributed by atoms with Crippen LogP contribution in [0.1, 0.15) is 0 Å². The Labute approximate surface area is 46.2 Å². The monoisotopic (exact) mass is 202 g/mol. The van der Waals surface area contributed by atoms with Crippen molar-refractivity contribution >= 4 is 34.8 Å². The highest BCUT2D eigenvalue weighted by atomic mass is 127. The maximum absolute atomic E-state index is 5.22. The van der Waals surface area contributed by atoms with Crippen molar-refractivity contribution in [2.24, 2.45) is 11.1 Å². The fraction of sp³-hybridized carbons (Fsp3) is 0. The molecule has 0 spiro atoms. The summed E-state index contributed by atoms with van der Waals surface area (Å²) in [5.41, 5.74) is 9.94. The highest BCUT2D eigenvalue weighted by Gasteiger charge is 1.86. The molecule has 0 aromatic carbocycles. The van der Waals surface area contributed by atoms with E-state index in [1.165, 1.54) is 0 Å². The first-order valence-electron chi connectivity index (χ1n) is 1.15. The lowest BCUT2D eigenvalue weighted by atomic mass is 10.5. The highest BCUT2D eigenvalue weighted by Crippen LogP contribution is 2.30. The largest absolute Gasteiger partial charge is 0.367 e. The van der Waals surface area contributed by atoms with E-state index in [0.29, 0.717) is 7.13 Å². The molecule has 0 bridgehead atoms. The van der Waals surface area contributed by atoms with Gasteiger partial charge in [-0.05, 0) is 22.0 Å². The molecule has 0 aliphatic carbocycles. The van der Waals surface area contributed by atoms with Crippen LogP contribution in [0.3, 0.4) is 0 Å². The standard InChI is InChI=1S/BH5IN2P/c2-5(4)1-3/h1H,3-4H2. The lowest BCUT2D eigenvalue weighted by Crippen LogP contribution is -2.02. The quantitative estimate of drug-likeness (QED) is 0.354. The van der Waals surface area contributed by atoms with E-state index in [0.717, 1.165) is 0 Å². The second kappa shape index (κ2) is 3.34. The average molecular weight is 202 g/mol. The predicted molar refractivity (Wildman–Crippen MR) is 36.5 cm³/mol. The maximum Gasteiger partial charge on any atom is 0.258 e. The molecule has 0 saturated heterocycles. The third kappa shape index (κ3) is 5.14. The minimum atomic E-state index is -0.350. The molecule has 30 valence electrons. The first-order chi connectivity index (χ1) is 2.27. The van der Waals surface area contributed by atoms with Gasteiger partial charge in [-0.1, -0.05) is 0 Å². The van der Waals surface area contributed by atoms with E-state index in [1.54, 1.807) is 0 Å². The molecule has 1 unspecified atom stereocenters. The van der Waals surface area contributed by atoms with Crippen LogP contribution in [0.2, 0.25) is 0 Å². The van der Waals surface area contributed by atoms with E-state index < -0.39 is 0 Å². The molecule has 5 heavy (non-hydrogen) atoms. The number of nitrogens with two attached hydrogens (primary N) is 2. The highest BCUT2D eigenvalue weighted by molar-refractivity contribution is 14.2.